The number of carbonyl (C=O) groups is 1. The third kappa shape index (κ3) is 3.46. The van der Waals surface area contributed by atoms with E-state index in [-0.39, 0.29) is 12.1 Å². The number of amides is 1. The summed E-state index contributed by atoms with van der Waals surface area (Å²) in [7, 11) is 0. The first-order valence-corrected chi connectivity index (χ1v) is 6.79. The van der Waals surface area contributed by atoms with Gasteiger partial charge in [-0.2, -0.15) is 0 Å². The Balaban J connectivity index is 2.12. The molecule has 1 amide bonds. The van der Waals surface area contributed by atoms with E-state index >= 15 is 0 Å². The van der Waals surface area contributed by atoms with E-state index in [1.807, 2.05) is 46.0 Å². The van der Waals surface area contributed by atoms with Gasteiger partial charge in [-0.25, -0.2) is 4.79 Å². The lowest BCUT2D eigenvalue weighted by molar-refractivity contribution is 0.0221. The minimum Gasteiger partial charge on any atom is -0.444 e. The molecule has 0 N–H and O–H groups in total. The Hall–Kier alpha value is -1.58. The molecule has 104 valence electrons. The Kier molecular flexibility index (Phi) is 3.78. The summed E-state index contributed by atoms with van der Waals surface area (Å²) >= 11 is 0. The summed E-state index contributed by atoms with van der Waals surface area (Å²) in [6.07, 6.45) is 3.56. The van der Waals surface area contributed by atoms with Gasteiger partial charge in [0.2, 0.25) is 0 Å². The van der Waals surface area contributed by atoms with E-state index in [2.05, 4.69) is 4.98 Å². The van der Waals surface area contributed by atoms with Crippen molar-refractivity contribution in [2.45, 2.75) is 52.2 Å². The minimum absolute atomic E-state index is 0.0513. The van der Waals surface area contributed by atoms with Gasteiger partial charge in [-0.15, -0.1) is 0 Å². The summed E-state index contributed by atoms with van der Waals surface area (Å²) in [6.45, 7) is 8.42. The Bertz CT molecular complexity index is 448. The van der Waals surface area contributed by atoms with Crippen molar-refractivity contribution in [2.75, 3.05) is 6.54 Å². The molecule has 1 fully saturated rings. The van der Waals surface area contributed by atoms with Gasteiger partial charge in [0, 0.05) is 12.7 Å². The molecule has 0 bridgehead atoms. The highest BCUT2D eigenvalue weighted by Gasteiger charge is 2.33. The summed E-state index contributed by atoms with van der Waals surface area (Å²) < 4.78 is 5.46. The Labute approximate surface area is 114 Å². The topological polar surface area (TPSA) is 42.4 Å². The molecule has 1 saturated heterocycles. The van der Waals surface area contributed by atoms with Crippen LogP contribution in [0.2, 0.25) is 0 Å². The van der Waals surface area contributed by atoms with Crippen molar-refractivity contribution in [1.29, 1.82) is 0 Å². The number of ether oxygens (including phenoxy) is 1. The summed E-state index contributed by atoms with van der Waals surface area (Å²) in [5.74, 6) is 0. The molecule has 2 heterocycles. The maximum atomic E-state index is 12.2. The maximum absolute atomic E-state index is 12.2. The number of hydrogen-bond acceptors (Lipinski definition) is 3. The van der Waals surface area contributed by atoms with Gasteiger partial charge in [0.15, 0.2) is 0 Å². The quantitative estimate of drug-likeness (QED) is 0.778. The predicted molar refractivity (Wildman–Crippen MR) is 73.9 cm³/mol. The molecular weight excluding hydrogens is 240 g/mol. The average Bonchev–Trinajstić information content (AvgIpc) is 2.76. The maximum Gasteiger partial charge on any atom is 0.410 e. The number of rotatable bonds is 1. The Morgan fingerprint density at radius 1 is 1.42 bits per heavy atom. The predicted octanol–water partition coefficient (Wildman–Crippen LogP) is 3.46. The van der Waals surface area contributed by atoms with Crippen molar-refractivity contribution in [1.82, 2.24) is 9.88 Å². The molecule has 1 atom stereocenters. The second kappa shape index (κ2) is 5.19. The molecule has 1 aromatic heterocycles. The molecule has 4 nitrogen and oxygen atoms in total. The van der Waals surface area contributed by atoms with Gasteiger partial charge in [-0.05, 0) is 52.2 Å². The van der Waals surface area contributed by atoms with Crippen LogP contribution >= 0.6 is 0 Å². The first-order chi connectivity index (χ1) is 8.87. The van der Waals surface area contributed by atoms with Crippen LogP contribution in [0.3, 0.4) is 0 Å². The molecule has 4 heteroatoms. The lowest BCUT2D eigenvalue weighted by Gasteiger charge is -2.28. The van der Waals surface area contributed by atoms with Crippen LogP contribution in [0.4, 0.5) is 4.79 Å². The summed E-state index contributed by atoms with van der Waals surface area (Å²) in [6, 6.07) is 4.09. The molecular formula is C15H22N2O2. The van der Waals surface area contributed by atoms with Crippen LogP contribution in [0, 0.1) is 6.92 Å². The van der Waals surface area contributed by atoms with Crippen LogP contribution in [0.1, 0.15) is 50.9 Å². The Morgan fingerprint density at radius 2 is 2.16 bits per heavy atom. The molecule has 1 aliphatic rings. The van der Waals surface area contributed by atoms with Gasteiger partial charge in [0.25, 0.3) is 0 Å². The van der Waals surface area contributed by atoms with Crippen LogP contribution in [-0.4, -0.2) is 28.1 Å². The number of aromatic nitrogens is 1. The smallest absolute Gasteiger partial charge is 0.410 e. The highest BCUT2D eigenvalue weighted by Crippen LogP contribution is 2.32. The summed E-state index contributed by atoms with van der Waals surface area (Å²) in [5, 5.41) is 0. The van der Waals surface area contributed by atoms with E-state index in [1.54, 1.807) is 4.90 Å². The van der Waals surface area contributed by atoms with Gasteiger partial charge in [0.05, 0.1) is 11.7 Å². The van der Waals surface area contributed by atoms with Crippen molar-refractivity contribution in [3.05, 3.63) is 29.6 Å². The molecule has 0 radical (unpaired) electrons. The number of pyridine rings is 1. The van der Waals surface area contributed by atoms with E-state index < -0.39 is 5.60 Å². The van der Waals surface area contributed by atoms with Crippen LogP contribution in [0.15, 0.2) is 18.3 Å². The molecule has 0 unspecified atom stereocenters. The first-order valence-electron chi connectivity index (χ1n) is 6.79. The zero-order chi connectivity index (χ0) is 14.0. The molecule has 0 aromatic carbocycles. The normalized spacial score (nSPS) is 19.6. The summed E-state index contributed by atoms with van der Waals surface area (Å²) in [5.41, 5.74) is 1.63. The second-order valence-corrected chi connectivity index (χ2v) is 6.09. The molecule has 19 heavy (non-hydrogen) atoms. The van der Waals surface area contributed by atoms with E-state index in [9.17, 15) is 4.79 Å². The number of carbonyl (C=O) groups excluding carboxylic acids is 1. The fourth-order valence-electron chi connectivity index (χ4n) is 2.29. The van der Waals surface area contributed by atoms with Gasteiger partial charge in [0.1, 0.15) is 5.60 Å². The van der Waals surface area contributed by atoms with E-state index in [1.165, 1.54) is 0 Å². The Morgan fingerprint density at radius 3 is 2.74 bits per heavy atom. The van der Waals surface area contributed by atoms with Gasteiger partial charge in [-0.3, -0.25) is 9.88 Å². The summed E-state index contributed by atoms with van der Waals surface area (Å²) in [4.78, 5) is 18.4. The van der Waals surface area contributed by atoms with Gasteiger partial charge >= 0.3 is 6.09 Å². The van der Waals surface area contributed by atoms with Gasteiger partial charge < -0.3 is 4.74 Å². The standard InChI is InChI=1S/C15H22N2O2/c1-11-7-8-12(16-10-11)13-6-5-9-17(13)14(18)19-15(2,3)4/h7-8,10,13H,5-6,9H2,1-4H3/t13-/m1/s1. The molecule has 0 saturated carbocycles. The highest BCUT2D eigenvalue weighted by molar-refractivity contribution is 5.69. The number of hydrogen-bond donors (Lipinski definition) is 0. The third-order valence-corrected chi connectivity index (χ3v) is 3.16. The molecule has 1 aliphatic heterocycles. The number of nitrogens with zero attached hydrogens (tertiary/aromatic N) is 2. The third-order valence-electron chi connectivity index (χ3n) is 3.16. The van der Waals surface area contributed by atoms with Crippen molar-refractivity contribution in [3.63, 3.8) is 0 Å². The molecule has 0 spiro atoms. The van der Waals surface area contributed by atoms with Crippen LogP contribution in [0.25, 0.3) is 0 Å². The van der Waals surface area contributed by atoms with Crippen LogP contribution in [0.5, 0.6) is 0 Å². The zero-order valence-electron chi connectivity index (χ0n) is 12.1. The highest BCUT2D eigenvalue weighted by atomic mass is 16.6. The SMILES string of the molecule is Cc1ccc([C@H]2CCCN2C(=O)OC(C)(C)C)nc1. The van der Waals surface area contributed by atoms with Crippen LogP contribution < -0.4 is 0 Å². The van der Waals surface area contributed by atoms with Crippen molar-refractivity contribution < 1.29 is 9.53 Å². The lowest BCUT2D eigenvalue weighted by Crippen LogP contribution is -2.36. The molecule has 2 rings (SSSR count). The number of aryl methyl sites for hydroxylation is 1. The largest absolute Gasteiger partial charge is 0.444 e. The fourth-order valence-corrected chi connectivity index (χ4v) is 2.29. The van der Waals surface area contributed by atoms with E-state index in [4.69, 9.17) is 4.74 Å². The zero-order valence-corrected chi connectivity index (χ0v) is 12.1. The average molecular weight is 262 g/mol. The van der Waals surface area contributed by atoms with Crippen molar-refractivity contribution in [3.8, 4) is 0 Å². The minimum atomic E-state index is -0.453. The first kappa shape index (κ1) is 13.8. The molecule has 1 aromatic rings. The van der Waals surface area contributed by atoms with Crippen molar-refractivity contribution in [2.24, 2.45) is 0 Å². The lowest BCUT2D eigenvalue weighted by atomic mass is 10.1. The van der Waals surface area contributed by atoms with Crippen molar-refractivity contribution >= 4 is 6.09 Å². The van der Waals surface area contributed by atoms with E-state index in [0.717, 1.165) is 30.6 Å². The second-order valence-electron chi connectivity index (χ2n) is 6.09. The van der Waals surface area contributed by atoms with E-state index in [0.29, 0.717) is 0 Å². The molecule has 0 aliphatic carbocycles. The van der Waals surface area contributed by atoms with Crippen LogP contribution in [-0.2, 0) is 4.74 Å². The monoisotopic (exact) mass is 262 g/mol. The fraction of sp³-hybridized carbons (Fsp3) is 0.600. The number of likely N-dealkylation sites (tertiary alicyclic amines) is 1. The van der Waals surface area contributed by atoms with Gasteiger partial charge in [-0.1, -0.05) is 6.07 Å².